The first-order valence-corrected chi connectivity index (χ1v) is 1.17. The molecule has 0 radical (unpaired) electrons. The van der Waals surface area contributed by atoms with Gasteiger partial charge in [-0.2, -0.15) is 0 Å². The summed E-state index contributed by atoms with van der Waals surface area (Å²) in [5.74, 6) is 0. The quantitative estimate of drug-likeness (QED) is 0.549. The van der Waals surface area contributed by atoms with Gasteiger partial charge in [-0.1, -0.05) is 0 Å². The van der Waals surface area contributed by atoms with Crippen LogP contribution in [-0.2, 0) is 20.4 Å². The van der Waals surface area contributed by atoms with E-state index in [-0.39, 0.29) is 33.6 Å². The minimum absolute atomic E-state index is 0. The zero-order valence-electron chi connectivity index (χ0n) is 2.68. The largest absolute Gasteiger partial charge is 0.676 e. The molecule has 0 aromatic carbocycles. The normalized spacial score (nSPS) is 6.00. The Labute approximate surface area is 45.0 Å². The molecule has 5 heavy (non-hydrogen) atoms. The van der Waals surface area contributed by atoms with Crippen molar-refractivity contribution < 1.29 is 25.5 Å². The number of hydrogen-bond acceptors (Lipinski definition) is 1. The summed E-state index contributed by atoms with van der Waals surface area (Å²) in [4.78, 5) is 0. The number of rotatable bonds is 1. The summed E-state index contributed by atoms with van der Waals surface area (Å²) < 4.78 is 0. The first-order valence-electron chi connectivity index (χ1n) is 1.17. The van der Waals surface area contributed by atoms with E-state index in [1.54, 1.807) is 0 Å². The fourth-order valence-electron chi connectivity index (χ4n) is 0. The Morgan fingerprint density at radius 3 is 1.80 bits per heavy atom. The second-order valence-electron chi connectivity index (χ2n) is 0.474. The summed E-state index contributed by atoms with van der Waals surface area (Å²) in [7, 11) is 0. The molecule has 0 spiro atoms. The van der Waals surface area contributed by atoms with Crippen molar-refractivity contribution >= 4 is 0 Å². The van der Waals surface area contributed by atoms with Crippen molar-refractivity contribution in [1.82, 2.24) is 0 Å². The Morgan fingerprint density at radius 1 is 1.60 bits per heavy atom. The first kappa shape index (κ1) is 9.13. The van der Waals surface area contributed by atoms with E-state index >= 15 is 0 Å². The van der Waals surface area contributed by atoms with E-state index in [1.807, 2.05) is 0 Å². The van der Waals surface area contributed by atoms with Crippen LogP contribution in [0, 0.1) is 0 Å². The Bertz CT molecular complexity index is 11.6. The molecule has 0 aliphatic heterocycles. The maximum atomic E-state index is 7.69. The van der Waals surface area contributed by atoms with Crippen LogP contribution in [0.4, 0.5) is 0 Å². The SMILES string of the molecule is [NH-]CCO.[Pd]. The molecule has 0 unspecified atom stereocenters. The van der Waals surface area contributed by atoms with Crippen LogP contribution in [0.15, 0.2) is 0 Å². The Morgan fingerprint density at radius 2 is 1.80 bits per heavy atom. The molecule has 0 atom stereocenters. The third-order valence-electron chi connectivity index (χ3n) is 0.112. The van der Waals surface area contributed by atoms with Gasteiger partial charge in [0, 0.05) is 27.0 Å². The number of aliphatic hydroxyl groups excluding tert-OH is 1. The number of hydrogen-bond donors (Lipinski definition) is 1. The van der Waals surface area contributed by atoms with Crippen LogP contribution in [0.1, 0.15) is 0 Å². The molecular weight excluding hydrogens is 160 g/mol. The van der Waals surface area contributed by atoms with E-state index in [2.05, 4.69) is 0 Å². The van der Waals surface area contributed by atoms with Gasteiger partial charge in [-0.05, 0) is 0 Å². The van der Waals surface area contributed by atoms with Gasteiger partial charge in [-0.25, -0.2) is 0 Å². The fourth-order valence-corrected chi connectivity index (χ4v) is 0. The van der Waals surface area contributed by atoms with Gasteiger partial charge in [0.05, 0.1) is 0 Å². The van der Waals surface area contributed by atoms with Crippen molar-refractivity contribution in [2.45, 2.75) is 0 Å². The molecule has 0 bridgehead atoms. The van der Waals surface area contributed by atoms with Crippen molar-refractivity contribution in [3.8, 4) is 0 Å². The molecule has 0 rings (SSSR count). The average Bonchev–Trinajstić information content (AvgIpc) is 1.37. The molecule has 0 saturated heterocycles. The molecule has 3 heteroatoms. The van der Waals surface area contributed by atoms with E-state index in [0.717, 1.165) is 0 Å². The fraction of sp³-hybridized carbons (Fsp3) is 1.00. The van der Waals surface area contributed by atoms with Crippen molar-refractivity contribution in [2.24, 2.45) is 0 Å². The third-order valence-corrected chi connectivity index (χ3v) is 0.112. The molecule has 0 aromatic rings. The molecule has 0 heterocycles. The van der Waals surface area contributed by atoms with E-state index in [4.69, 9.17) is 10.8 Å². The molecule has 0 fully saturated rings. The van der Waals surface area contributed by atoms with Crippen LogP contribution in [0.5, 0.6) is 0 Å². The van der Waals surface area contributed by atoms with Crippen molar-refractivity contribution in [3.05, 3.63) is 5.73 Å². The summed E-state index contributed by atoms with van der Waals surface area (Å²) in [6.45, 7) is 0.111. The van der Waals surface area contributed by atoms with Gasteiger partial charge in [0.25, 0.3) is 0 Å². The predicted octanol–water partition coefficient (Wildman–Crippen LogP) is 0.0284. The van der Waals surface area contributed by atoms with Crippen molar-refractivity contribution in [3.63, 3.8) is 0 Å². The van der Waals surface area contributed by atoms with Gasteiger partial charge in [-0.15, -0.1) is 6.54 Å². The molecule has 36 valence electrons. The average molecular weight is 166 g/mol. The van der Waals surface area contributed by atoms with E-state index in [9.17, 15) is 0 Å². The second-order valence-corrected chi connectivity index (χ2v) is 0.474. The Hall–Kier alpha value is 0.582. The smallest absolute Gasteiger partial charge is 0.0241 e. The van der Waals surface area contributed by atoms with E-state index < -0.39 is 0 Å². The van der Waals surface area contributed by atoms with Crippen LogP contribution < -0.4 is 0 Å². The monoisotopic (exact) mass is 166 g/mol. The summed E-state index contributed by atoms with van der Waals surface area (Å²) in [6, 6.07) is 0. The van der Waals surface area contributed by atoms with Crippen LogP contribution in [0.3, 0.4) is 0 Å². The molecule has 2 N–H and O–H groups in total. The van der Waals surface area contributed by atoms with Gasteiger partial charge >= 0.3 is 0 Å². The van der Waals surface area contributed by atoms with Gasteiger partial charge in [0.1, 0.15) is 0 Å². The Kier molecular flexibility index (Phi) is 16.1. The van der Waals surface area contributed by atoms with E-state index in [0.29, 0.717) is 0 Å². The molecule has 0 saturated carbocycles. The predicted molar refractivity (Wildman–Crippen MR) is 16.3 cm³/mol. The molecular formula is C2H6NOPd-. The van der Waals surface area contributed by atoms with Crippen LogP contribution in [0.25, 0.3) is 5.73 Å². The zero-order valence-corrected chi connectivity index (χ0v) is 4.23. The topological polar surface area (TPSA) is 44.0 Å². The van der Waals surface area contributed by atoms with E-state index in [1.165, 1.54) is 0 Å². The van der Waals surface area contributed by atoms with Gasteiger partial charge in [0.2, 0.25) is 0 Å². The summed E-state index contributed by atoms with van der Waals surface area (Å²) in [5.41, 5.74) is 6.20. The standard InChI is InChI=1S/C2H6NO.Pd/c3-1-2-4;/h3-4H,1-2H2;/q-1;. The molecule has 0 aliphatic carbocycles. The zero-order chi connectivity index (χ0) is 3.41. The van der Waals surface area contributed by atoms with Crippen LogP contribution in [0.2, 0.25) is 0 Å². The van der Waals surface area contributed by atoms with Crippen LogP contribution >= 0.6 is 0 Å². The summed E-state index contributed by atoms with van der Waals surface area (Å²) in [6.07, 6.45) is 0. The minimum atomic E-state index is -0.0139. The second kappa shape index (κ2) is 8.82. The van der Waals surface area contributed by atoms with Crippen molar-refractivity contribution in [1.29, 1.82) is 0 Å². The number of nitrogens with one attached hydrogen (secondary N) is 1. The molecule has 0 aromatic heterocycles. The minimum Gasteiger partial charge on any atom is -0.676 e. The molecule has 0 amide bonds. The number of aliphatic hydroxyl groups is 1. The van der Waals surface area contributed by atoms with Gasteiger partial charge in [0.15, 0.2) is 0 Å². The summed E-state index contributed by atoms with van der Waals surface area (Å²) >= 11 is 0. The third kappa shape index (κ3) is 12.2. The maximum Gasteiger partial charge on any atom is 0.0241 e. The van der Waals surface area contributed by atoms with Crippen molar-refractivity contribution in [2.75, 3.05) is 13.2 Å². The summed E-state index contributed by atoms with van der Waals surface area (Å²) in [5, 5.41) is 7.69. The molecule has 2 nitrogen and oxygen atoms in total. The van der Waals surface area contributed by atoms with Gasteiger partial charge in [-0.3, -0.25) is 0 Å². The maximum absolute atomic E-state index is 7.69. The molecule has 0 aliphatic rings. The Balaban J connectivity index is 0. The van der Waals surface area contributed by atoms with Gasteiger partial charge < -0.3 is 10.8 Å². The van der Waals surface area contributed by atoms with Crippen LogP contribution in [-0.4, -0.2) is 18.3 Å². The first-order chi connectivity index (χ1) is 1.91.